The zero-order valence-corrected chi connectivity index (χ0v) is 17.8. The Morgan fingerprint density at radius 3 is 2.61 bits per heavy atom. The van der Waals surface area contributed by atoms with Crippen LogP contribution < -0.4 is 5.32 Å². The van der Waals surface area contributed by atoms with Gasteiger partial charge >= 0.3 is 12.2 Å². The molecule has 0 saturated carbocycles. The first-order valence-corrected chi connectivity index (χ1v) is 10.7. The number of alkyl halides is 3. The van der Waals surface area contributed by atoms with E-state index in [9.17, 15) is 22.8 Å². The Bertz CT molecular complexity index is 1010. The maximum atomic E-state index is 13.4. The highest BCUT2D eigenvalue weighted by atomic mass is 19.4. The van der Waals surface area contributed by atoms with Crippen LogP contribution in [-0.2, 0) is 6.42 Å². The first-order valence-electron chi connectivity index (χ1n) is 10.7. The van der Waals surface area contributed by atoms with Crippen molar-refractivity contribution in [2.45, 2.75) is 50.9 Å². The number of carbonyl (C=O) groups excluding carboxylic acids is 2. The summed E-state index contributed by atoms with van der Waals surface area (Å²) in [5.41, 5.74) is 1.85. The third-order valence-corrected chi connectivity index (χ3v) is 6.73. The number of fused-ring (bicyclic) bond motifs is 2. The molecule has 0 bridgehead atoms. The van der Waals surface area contributed by atoms with Crippen LogP contribution in [-0.4, -0.2) is 71.5 Å². The number of rotatable bonds is 4. The van der Waals surface area contributed by atoms with Gasteiger partial charge in [0.25, 0.3) is 5.78 Å². The number of Topliss-reactive ketones (excluding diaryl/α,β-unsaturated/α-hetero) is 1. The van der Waals surface area contributed by atoms with Gasteiger partial charge in [0.1, 0.15) is 0 Å². The highest BCUT2D eigenvalue weighted by Gasteiger charge is 2.46. The Kier molecular flexibility index (Phi) is 5.49. The molecular formula is C22H27F3N4O2. The molecule has 2 aliphatic rings. The summed E-state index contributed by atoms with van der Waals surface area (Å²) in [6.45, 7) is 5.56. The molecule has 1 aromatic heterocycles. The standard InChI is InChI=1S/C22H27F3N4O2/c1-4-29(5-2)21(31)27-13-9-15-17(28(3)11-13)8-12-10-26-16-7-6-14(19(15)18(12)16)20(30)22(23,24)25/h6-7,10,13,15,17,26H,4-5,8-9,11H2,1-3H3,(H,27,31)/t13-,15?,17+/m0/s1. The van der Waals surface area contributed by atoms with Crippen molar-refractivity contribution in [3.05, 3.63) is 35.0 Å². The van der Waals surface area contributed by atoms with Crippen LogP contribution in [0.25, 0.3) is 10.9 Å². The third kappa shape index (κ3) is 3.69. The van der Waals surface area contributed by atoms with Gasteiger partial charge in [-0.2, -0.15) is 13.2 Å². The SMILES string of the molecule is CCN(CC)C(=O)N[C@H]1CC2c3c(C(=O)C(F)(F)F)ccc4[nH]cc(c34)C[C@H]2N(C)C1. The fraction of sp³-hybridized carbons (Fsp3) is 0.545. The van der Waals surface area contributed by atoms with E-state index in [-0.39, 0.29) is 29.6 Å². The monoisotopic (exact) mass is 436 g/mol. The van der Waals surface area contributed by atoms with Gasteiger partial charge in [-0.25, -0.2) is 4.79 Å². The second kappa shape index (κ2) is 7.85. The smallest absolute Gasteiger partial charge is 0.361 e. The van der Waals surface area contributed by atoms with E-state index >= 15 is 0 Å². The van der Waals surface area contributed by atoms with Crippen molar-refractivity contribution in [3.63, 3.8) is 0 Å². The summed E-state index contributed by atoms with van der Waals surface area (Å²) in [6, 6.07) is 2.41. The Morgan fingerprint density at radius 1 is 1.26 bits per heavy atom. The van der Waals surface area contributed by atoms with E-state index in [1.807, 2.05) is 27.1 Å². The Hall–Kier alpha value is -2.55. The number of ketones is 1. The number of urea groups is 1. The molecule has 4 rings (SSSR count). The molecule has 1 unspecified atom stereocenters. The minimum atomic E-state index is -4.94. The fourth-order valence-corrected chi connectivity index (χ4v) is 5.26. The van der Waals surface area contributed by atoms with Crippen LogP contribution in [0.2, 0.25) is 0 Å². The molecule has 2 heterocycles. The van der Waals surface area contributed by atoms with Gasteiger partial charge < -0.3 is 20.1 Å². The minimum Gasteiger partial charge on any atom is -0.361 e. The molecule has 2 amide bonds. The Balaban J connectivity index is 1.74. The average Bonchev–Trinajstić information content (AvgIpc) is 3.12. The number of amides is 2. The molecule has 1 aliphatic heterocycles. The number of aromatic nitrogens is 1. The van der Waals surface area contributed by atoms with Crippen molar-refractivity contribution in [1.82, 2.24) is 20.1 Å². The highest BCUT2D eigenvalue weighted by molar-refractivity contribution is 6.06. The second-order valence-electron chi connectivity index (χ2n) is 8.46. The van der Waals surface area contributed by atoms with Crippen molar-refractivity contribution in [1.29, 1.82) is 0 Å². The lowest BCUT2D eigenvalue weighted by molar-refractivity contribution is -0.0886. The predicted octanol–water partition coefficient (Wildman–Crippen LogP) is 3.68. The summed E-state index contributed by atoms with van der Waals surface area (Å²) in [6.07, 6.45) is -1.93. The molecule has 1 saturated heterocycles. The van der Waals surface area contributed by atoms with E-state index in [0.29, 0.717) is 38.0 Å². The molecule has 1 fully saturated rings. The van der Waals surface area contributed by atoms with Gasteiger partial charge in [0.05, 0.1) is 0 Å². The van der Waals surface area contributed by atoms with Gasteiger partial charge in [-0.05, 0) is 57.0 Å². The molecule has 168 valence electrons. The maximum Gasteiger partial charge on any atom is 0.454 e. The summed E-state index contributed by atoms with van der Waals surface area (Å²) in [5.74, 6) is -2.09. The van der Waals surface area contributed by atoms with Gasteiger partial charge in [-0.1, -0.05) is 0 Å². The number of nitrogens with one attached hydrogen (secondary N) is 2. The lowest BCUT2D eigenvalue weighted by Gasteiger charge is -2.46. The summed E-state index contributed by atoms with van der Waals surface area (Å²) in [7, 11) is 1.93. The topological polar surface area (TPSA) is 68.4 Å². The zero-order valence-electron chi connectivity index (χ0n) is 17.8. The van der Waals surface area contributed by atoms with Crippen LogP contribution in [0.5, 0.6) is 0 Å². The molecule has 0 radical (unpaired) electrons. The normalized spacial score (nSPS) is 23.5. The van der Waals surface area contributed by atoms with Crippen molar-refractivity contribution in [2.75, 3.05) is 26.7 Å². The number of carbonyl (C=O) groups is 2. The molecule has 2 aromatic rings. The number of H-pyrrole nitrogens is 1. The van der Waals surface area contributed by atoms with E-state index < -0.39 is 12.0 Å². The number of nitrogens with zero attached hydrogens (tertiary/aromatic N) is 2. The van der Waals surface area contributed by atoms with Gasteiger partial charge in [0.15, 0.2) is 0 Å². The maximum absolute atomic E-state index is 13.4. The van der Waals surface area contributed by atoms with E-state index in [1.165, 1.54) is 6.07 Å². The average molecular weight is 436 g/mol. The van der Waals surface area contributed by atoms with Gasteiger partial charge in [-0.3, -0.25) is 4.79 Å². The summed E-state index contributed by atoms with van der Waals surface area (Å²) >= 11 is 0. The molecule has 31 heavy (non-hydrogen) atoms. The van der Waals surface area contributed by atoms with Crippen molar-refractivity contribution >= 4 is 22.7 Å². The van der Waals surface area contributed by atoms with Gasteiger partial charge in [0, 0.05) is 60.3 Å². The summed E-state index contributed by atoms with van der Waals surface area (Å²) in [4.78, 5) is 31.8. The number of halogens is 3. The number of likely N-dealkylation sites (tertiary alicyclic amines) is 1. The quantitative estimate of drug-likeness (QED) is 0.719. The van der Waals surface area contributed by atoms with Crippen molar-refractivity contribution in [2.24, 2.45) is 0 Å². The molecule has 9 heteroatoms. The van der Waals surface area contributed by atoms with Crippen LogP contribution in [0, 0.1) is 0 Å². The van der Waals surface area contributed by atoms with Crippen LogP contribution in [0.4, 0.5) is 18.0 Å². The van der Waals surface area contributed by atoms with Crippen LogP contribution >= 0.6 is 0 Å². The molecular weight excluding hydrogens is 409 g/mol. The fourth-order valence-electron chi connectivity index (χ4n) is 5.26. The second-order valence-corrected chi connectivity index (χ2v) is 8.46. The zero-order chi connectivity index (χ0) is 22.5. The van der Waals surface area contributed by atoms with Crippen LogP contribution in [0.15, 0.2) is 18.3 Å². The van der Waals surface area contributed by atoms with Gasteiger partial charge in [0.2, 0.25) is 0 Å². The first-order chi connectivity index (χ1) is 14.7. The third-order valence-electron chi connectivity index (χ3n) is 6.73. The van der Waals surface area contributed by atoms with E-state index in [4.69, 9.17) is 0 Å². The number of likely N-dealkylation sites (N-methyl/N-ethyl adjacent to an activating group) is 1. The Labute approximate surface area is 178 Å². The van der Waals surface area contributed by atoms with E-state index in [0.717, 1.165) is 16.5 Å². The number of hydrogen-bond donors (Lipinski definition) is 2. The molecule has 3 atom stereocenters. The van der Waals surface area contributed by atoms with Crippen molar-refractivity contribution in [3.8, 4) is 0 Å². The Morgan fingerprint density at radius 2 is 1.97 bits per heavy atom. The first kappa shape index (κ1) is 21.7. The summed E-state index contributed by atoms with van der Waals surface area (Å²) in [5, 5.41) is 3.77. The number of piperidine rings is 1. The molecule has 2 N–H and O–H groups in total. The molecule has 0 spiro atoms. The highest BCUT2D eigenvalue weighted by Crippen LogP contribution is 2.45. The number of benzene rings is 1. The van der Waals surface area contributed by atoms with E-state index in [2.05, 4.69) is 15.2 Å². The van der Waals surface area contributed by atoms with Crippen molar-refractivity contribution < 1.29 is 22.8 Å². The molecule has 1 aliphatic carbocycles. The number of aromatic amines is 1. The van der Waals surface area contributed by atoms with Crippen LogP contribution in [0.1, 0.15) is 47.7 Å². The van der Waals surface area contributed by atoms with Crippen LogP contribution in [0.3, 0.4) is 0 Å². The lowest BCUT2D eigenvalue weighted by Crippen LogP contribution is -2.56. The largest absolute Gasteiger partial charge is 0.454 e. The minimum absolute atomic E-state index is 0.0321. The number of hydrogen-bond acceptors (Lipinski definition) is 3. The van der Waals surface area contributed by atoms with Gasteiger partial charge in [-0.15, -0.1) is 0 Å². The summed E-state index contributed by atoms with van der Waals surface area (Å²) < 4.78 is 40.1. The molecule has 1 aromatic carbocycles. The van der Waals surface area contributed by atoms with E-state index in [1.54, 1.807) is 11.0 Å². The lowest BCUT2D eigenvalue weighted by atomic mass is 9.72. The predicted molar refractivity (Wildman–Crippen MR) is 111 cm³/mol. The molecule has 6 nitrogen and oxygen atoms in total.